The first-order valence-corrected chi connectivity index (χ1v) is 5.82. The zero-order valence-corrected chi connectivity index (χ0v) is 10.4. The van der Waals surface area contributed by atoms with Crippen molar-refractivity contribution >= 4 is 5.82 Å². The summed E-state index contributed by atoms with van der Waals surface area (Å²) in [6, 6.07) is 1.40. The van der Waals surface area contributed by atoms with Crippen LogP contribution in [0.2, 0.25) is 0 Å². The van der Waals surface area contributed by atoms with E-state index >= 15 is 0 Å². The van der Waals surface area contributed by atoms with Crippen LogP contribution in [0.4, 0.5) is 10.2 Å². The van der Waals surface area contributed by atoms with Crippen molar-refractivity contribution in [3.8, 4) is 0 Å². The highest BCUT2D eigenvalue weighted by Gasteiger charge is 2.53. The van der Waals surface area contributed by atoms with E-state index in [9.17, 15) is 19.4 Å². The summed E-state index contributed by atoms with van der Waals surface area (Å²) >= 11 is 0. The molecule has 1 aliphatic rings. The summed E-state index contributed by atoms with van der Waals surface area (Å²) in [6.45, 7) is -0.128. The molecule has 0 saturated carbocycles. The van der Waals surface area contributed by atoms with Crippen LogP contribution in [0.3, 0.4) is 0 Å². The molecule has 1 aliphatic heterocycles. The number of aromatic nitrogens is 2. The Balaban J connectivity index is 2.39. The maximum absolute atomic E-state index is 13.1. The third-order valence-corrected chi connectivity index (χ3v) is 3.46. The molecule has 7 nitrogen and oxygen atoms in total. The van der Waals surface area contributed by atoms with Crippen LogP contribution in [0.25, 0.3) is 0 Å². The maximum Gasteiger partial charge on any atom is 0.351 e. The van der Waals surface area contributed by atoms with E-state index in [2.05, 4.69) is 4.98 Å². The van der Waals surface area contributed by atoms with Gasteiger partial charge in [0.25, 0.3) is 0 Å². The zero-order valence-electron chi connectivity index (χ0n) is 10.4. The van der Waals surface area contributed by atoms with E-state index < -0.39 is 42.8 Å². The summed E-state index contributed by atoms with van der Waals surface area (Å²) < 4.78 is 19.6. The van der Waals surface area contributed by atoms with Crippen LogP contribution in [0, 0.1) is 5.92 Å². The summed E-state index contributed by atoms with van der Waals surface area (Å²) in [5.74, 6) is -0.516. The van der Waals surface area contributed by atoms with Crippen molar-refractivity contribution < 1.29 is 19.3 Å². The number of anilines is 1. The van der Waals surface area contributed by atoms with Crippen LogP contribution in [0.1, 0.15) is 13.2 Å². The third-order valence-electron chi connectivity index (χ3n) is 3.46. The summed E-state index contributed by atoms with van der Waals surface area (Å²) in [6.07, 6.45) is -0.764. The number of nitrogens with two attached hydrogens (primary N) is 1. The Bertz CT molecular complexity index is 517. The molecule has 0 aliphatic carbocycles. The molecule has 8 heteroatoms. The van der Waals surface area contributed by atoms with Gasteiger partial charge in [-0.1, -0.05) is 6.92 Å². The first-order chi connectivity index (χ1) is 8.95. The lowest BCUT2D eigenvalue weighted by atomic mass is 9.92. The number of aliphatic hydroxyl groups is 2. The Morgan fingerprint density at radius 1 is 1.68 bits per heavy atom. The number of nitrogens with zero attached hydrogens (tertiary/aromatic N) is 2. The highest BCUT2D eigenvalue weighted by molar-refractivity contribution is 5.23. The maximum atomic E-state index is 13.1. The van der Waals surface area contributed by atoms with Crippen LogP contribution in [-0.4, -0.2) is 44.8 Å². The van der Waals surface area contributed by atoms with E-state index in [4.69, 9.17) is 10.5 Å². The summed E-state index contributed by atoms with van der Waals surface area (Å²) in [5, 5.41) is 19.2. The van der Waals surface area contributed by atoms with Gasteiger partial charge in [0.1, 0.15) is 24.3 Å². The highest BCUT2D eigenvalue weighted by Crippen LogP contribution is 2.40. The molecule has 0 unspecified atom stereocenters. The predicted octanol–water partition coefficient (Wildman–Crippen LogP) is -0.948. The quantitative estimate of drug-likeness (QED) is 0.655. The first kappa shape index (κ1) is 13.9. The minimum atomic E-state index is -1.70. The van der Waals surface area contributed by atoms with Gasteiger partial charge >= 0.3 is 5.69 Å². The number of ether oxygens (including phenoxy) is 1. The second-order valence-electron chi connectivity index (χ2n) is 4.71. The number of hydrogen-bond acceptors (Lipinski definition) is 6. The lowest BCUT2D eigenvalue weighted by Crippen LogP contribution is -2.46. The van der Waals surface area contributed by atoms with Crippen LogP contribution >= 0.6 is 0 Å². The van der Waals surface area contributed by atoms with E-state index in [1.807, 2.05) is 0 Å². The molecular weight excluding hydrogens is 257 g/mol. The van der Waals surface area contributed by atoms with Crippen LogP contribution in [0.15, 0.2) is 17.1 Å². The molecule has 2 heterocycles. The normalized spacial score (nSPS) is 34.6. The molecule has 0 amide bonds. The number of rotatable bonds is 3. The molecule has 0 spiro atoms. The SMILES string of the molecule is C[C@@H]1[C@H](n2ccc(N)nc2=O)O[C@@](CO)(CF)[C@H]1O. The second kappa shape index (κ2) is 4.87. The fourth-order valence-electron chi connectivity index (χ4n) is 2.27. The average molecular weight is 273 g/mol. The molecule has 2 rings (SSSR count). The molecule has 1 aromatic rings. The van der Waals surface area contributed by atoms with Crippen molar-refractivity contribution in [1.29, 1.82) is 0 Å². The van der Waals surface area contributed by atoms with Crippen LogP contribution in [0.5, 0.6) is 0 Å². The van der Waals surface area contributed by atoms with Gasteiger partial charge in [-0.15, -0.1) is 0 Å². The van der Waals surface area contributed by atoms with Gasteiger partial charge in [0.2, 0.25) is 0 Å². The van der Waals surface area contributed by atoms with Crippen molar-refractivity contribution in [3.63, 3.8) is 0 Å². The third kappa shape index (κ3) is 2.11. The van der Waals surface area contributed by atoms with Crippen LogP contribution in [-0.2, 0) is 4.74 Å². The molecule has 0 radical (unpaired) electrons. The standard InChI is InChI=1S/C11H16FN3O4/c1-6-8(17)11(4-12,5-16)19-9(6)15-3-2-7(13)14-10(15)18/h2-3,6,8-9,16-17H,4-5H2,1H3,(H2,13,14,18)/t6-,8-,9+,11+/m0/s1. The van der Waals surface area contributed by atoms with Crippen molar-refractivity contribution in [2.24, 2.45) is 5.92 Å². The molecule has 1 fully saturated rings. The van der Waals surface area contributed by atoms with Gasteiger partial charge in [0.15, 0.2) is 0 Å². The zero-order chi connectivity index (χ0) is 14.2. The van der Waals surface area contributed by atoms with Gasteiger partial charge < -0.3 is 20.7 Å². The van der Waals surface area contributed by atoms with Gasteiger partial charge in [0, 0.05) is 12.1 Å². The Morgan fingerprint density at radius 3 is 2.84 bits per heavy atom. The molecule has 0 bridgehead atoms. The van der Waals surface area contributed by atoms with Crippen molar-refractivity contribution in [2.45, 2.75) is 24.9 Å². The largest absolute Gasteiger partial charge is 0.393 e. The van der Waals surface area contributed by atoms with Crippen molar-refractivity contribution in [1.82, 2.24) is 9.55 Å². The molecule has 1 saturated heterocycles. The van der Waals surface area contributed by atoms with Gasteiger partial charge in [-0.3, -0.25) is 4.57 Å². The Hall–Kier alpha value is -1.51. The topological polar surface area (TPSA) is 111 Å². The van der Waals surface area contributed by atoms with Gasteiger partial charge in [-0.2, -0.15) is 4.98 Å². The Morgan fingerprint density at radius 2 is 2.37 bits per heavy atom. The number of alkyl halides is 1. The molecule has 106 valence electrons. The van der Waals surface area contributed by atoms with Crippen LogP contribution < -0.4 is 11.4 Å². The van der Waals surface area contributed by atoms with E-state index in [0.717, 1.165) is 4.57 Å². The molecule has 1 aromatic heterocycles. The number of nitrogen functional groups attached to an aromatic ring is 1. The number of halogens is 1. The summed E-state index contributed by atoms with van der Waals surface area (Å²) in [4.78, 5) is 15.3. The minimum Gasteiger partial charge on any atom is -0.393 e. The first-order valence-electron chi connectivity index (χ1n) is 5.82. The molecular formula is C11H16FN3O4. The number of hydrogen-bond donors (Lipinski definition) is 3. The summed E-state index contributed by atoms with van der Waals surface area (Å²) in [7, 11) is 0. The van der Waals surface area contributed by atoms with Gasteiger partial charge in [-0.05, 0) is 6.07 Å². The lowest BCUT2D eigenvalue weighted by molar-refractivity contribution is -0.138. The van der Waals surface area contributed by atoms with E-state index in [1.54, 1.807) is 6.92 Å². The monoisotopic (exact) mass is 273 g/mol. The summed E-state index contributed by atoms with van der Waals surface area (Å²) in [5.41, 5.74) is 3.02. The predicted molar refractivity (Wildman–Crippen MR) is 64.0 cm³/mol. The van der Waals surface area contributed by atoms with E-state index in [-0.39, 0.29) is 5.82 Å². The van der Waals surface area contributed by atoms with Gasteiger partial charge in [0.05, 0.1) is 12.7 Å². The smallest absolute Gasteiger partial charge is 0.351 e. The number of aliphatic hydroxyl groups excluding tert-OH is 2. The average Bonchev–Trinajstić information content (AvgIpc) is 2.64. The molecule has 4 N–H and O–H groups in total. The van der Waals surface area contributed by atoms with E-state index in [0.29, 0.717) is 0 Å². The Labute approximate surface area is 108 Å². The fourth-order valence-corrected chi connectivity index (χ4v) is 2.27. The fraction of sp³-hybridized carbons (Fsp3) is 0.636. The van der Waals surface area contributed by atoms with Crippen molar-refractivity contribution in [3.05, 3.63) is 22.7 Å². The highest BCUT2D eigenvalue weighted by atomic mass is 19.1. The second-order valence-corrected chi connectivity index (χ2v) is 4.71. The molecule has 0 aromatic carbocycles. The molecule has 4 atom stereocenters. The molecule has 19 heavy (non-hydrogen) atoms. The van der Waals surface area contributed by atoms with Gasteiger partial charge in [-0.25, -0.2) is 9.18 Å². The van der Waals surface area contributed by atoms with Crippen molar-refractivity contribution in [2.75, 3.05) is 19.0 Å². The van der Waals surface area contributed by atoms with E-state index in [1.165, 1.54) is 12.3 Å². The minimum absolute atomic E-state index is 0.0614. The Kier molecular flexibility index (Phi) is 3.57. The lowest BCUT2D eigenvalue weighted by Gasteiger charge is -2.26.